The van der Waals surface area contributed by atoms with Crippen LogP contribution in [0.3, 0.4) is 0 Å². The molecule has 0 radical (unpaired) electrons. The largest absolute Gasteiger partial charge is 0.497 e. The van der Waals surface area contributed by atoms with Crippen molar-refractivity contribution < 1.29 is 19.2 Å². The minimum absolute atomic E-state index is 0.0576. The van der Waals surface area contributed by atoms with Gasteiger partial charge in [-0.1, -0.05) is 54.6 Å². The Balaban J connectivity index is 1.52. The Morgan fingerprint density at radius 3 is 2.10 bits per heavy atom. The van der Waals surface area contributed by atoms with E-state index in [9.17, 15) is 9.59 Å². The lowest BCUT2D eigenvalue weighted by molar-refractivity contribution is 0.0234. The first kappa shape index (κ1) is 27.1. The van der Waals surface area contributed by atoms with E-state index in [-0.39, 0.29) is 23.9 Å². The lowest BCUT2D eigenvalue weighted by Gasteiger charge is -2.16. The Morgan fingerprint density at radius 2 is 1.41 bits per heavy atom. The SMILES string of the molecule is COc1ccc(-c2cc3ccccc3cc2C(=O)Nc2ccc(C(=N)N)cc2)c(C(=O)NOCc2ccccc2)c1. The summed E-state index contributed by atoms with van der Waals surface area (Å²) >= 11 is 0. The van der Waals surface area contributed by atoms with Gasteiger partial charge in [0.1, 0.15) is 11.6 Å². The molecule has 0 fully saturated rings. The monoisotopic (exact) mass is 544 g/mol. The van der Waals surface area contributed by atoms with Gasteiger partial charge in [0, 0.05) is 16.8 Å². The zero-order valence-electron chi connectivity index (χ0n) is 22.3. The van der Waals surface area contributed by atoms with Crippen molar-refractivity contribution in [2.75, 3.05) is 12.4 Å². The second kappa shape index (κ2) is 12.1. The molecule has 5 aromatic rings. The minimum atomic E-state index is -0.478. The molecular formula is C33H28N4O4. The highest BCUT2D eigenvalue weighted by atomic mass is 16.6. The zero-order chi connectivity index (χ0) is 28.8. The molecule has 0 aliphatic rings. The number of carbonyl (C=O) groups excluding carboxylic acids is 2. The summed E-state index contributed by atoms with van der Waals surface area (Å²) in [7, 11) is 1.52. The van der Waals surface area contributed by atoms with Gasteiger partial charge in [0.2, 0.25) is 0 Å². The fraction of sp³-hybridized carbons (Fsp3) is 0.0606. The number of fused-ring (bicyclic) bond motifs is 1. The van der Waals surface area contributed by atoms with E-state index in [0.717, 1.165) is 16.3 Å². The average Bonchev–Trinajstić information content (AvgIpc) is 3.00. The van der Waals surface area contributed by atoms with Crippen LogP contribution < -0.4 is 21.3 Å². The number of amides is 2. The standard InChI is InChI=1S/C33H28N4O4/c1-40-26-15-16-27(30(19-26)33(39)37-41-20-21-7-3-2-4-8-21)28-17-23-9-5-6-10-24(23)18-29(28)32(38)36-25-13-11-22(12-14-25)31(34)35/h2-19H,20H2,1H3,(H3,34,35)(H,36,38)(H,37,39). The number of nitrogens with two attached hydrogens (primary N) is 1. The summed E-state index contributed by atoms with van der Waals surface area (Å²) in [6.45, 7) is 0.192. The molecule has 0 saturated heterocycles. The molecule has 41 heavy (non-hydrogen) atoms. The predicted octanol–water partition coefficient (Wildman–Crippen LogP) is 5.91. The van der Waals surface area contributed by atoms with E-state index < -0.39 is 5.91 Å². The van der Waals surface area contributed by atoms with Gasteiger partial charge >= 0.3 is 0 Å². The molecule has 0 aliphatic carbocycles. The number of hydroxylamine groups is 1. The highest BCUT2D eigenvalue weighted by Gasteiger charge is 2.21. The third-order valence-corrected chi connectivity index (χ3v) is 6.59. The van der Waals surface area contributed by atoms with Crippen molar-refractivity contribution in [3.05, 3.63) is 131 Å². The van der Waals surface area contributed by atoms with Crippen molar-refractivity contribution in [2.45, 2.75) is 6.61 Å². The van der Waals surface area contributed by atoms with Crippen LogP contribution in [-0.2, 0) is 11.4 Å². The summed E-state index contributed by atoms with van der Waals surface area (Å²) in [4.78, 5) is 32.6. The van der Waals surface area contributed by atoms with Crippen molar-refractivity contribution in [2.24, 2.45) is 5.73 Å². The molecule has 8 nitrogen and oxygen atoms in total. The third kappa shape index (κ3) is 6.24. The van der Waals surface area contributed by atoms with E-state index in [1.807, 2.05) is 66.7 Å². The number of benzene rings is 5. The zero-order valence-corrected chi connectivity index (χ0v) is 22.3. The molecule has 0 heterocycles. The Labute approximate surface area is 237 Å². The molecular weight excluding hydrogens is 516 g/mol. The molecule has 8 heteroatoms. The molecule has 5 aromatic carbocycles. The Morgan fingerprint density at radius 1 is 0.756 bits per heavy atom. The summed E-state index contributed by atoms with van der Waals surface area (Å²) in [5.74, 6) is -0.407. The van der Waals surface area contributed by atoms with Crippen LogP contribution in [0.4, 0.5) is 5.69 Å². The Hall–Kier alpha value is -5.47. The molecule has 0 bridgehead atoms. The summed E-state index contributed by atoms with van der Waals surface area (Å²) < 4.78 is 5.40. The summed E-state index contributed by atoms with van der Waals surface area (Å²) in [5.41, 5.74) is 11.9. The van der Waals surface area contributed by atoms with E-state index >= 15 is 0 Å². The molecule has 5 rings (SSSR count). The number of amidine groups is 1. The van der Waals surface area contributed by atoms with Gasteiger partial charge in [-0.3, -0.25) is 19.8 Å². The van der Waals surface area contributed by atoms with Gasteiger partial charge in [-0.25, -0.2) is 5.48 Å². The molecule has 204 valence electrons. The topological polar surface area (TPSA) is 127 Å². The van der Waals surface area contributed by atoms with Crippen molar-refractivity contribution in [1.82, 2.24) is 5.48 Å². The first-order chi connectivity index (χ1) is 19.9. The fourth-order valence-electron chi connectivity index (χ4n) is 4.47. The lowest BCUT2D eigenvalue weighted by Crippen LogP contribution is -2.24. The minimum Gasteiger partial charge on any atom is -0.497 e. The highest BCUT2D eigenvalue weighted by Crippen LogP contribution is 2.34. The van der Waals surface area contributed by atoms with Crippen molar-refractivity contribution >= 4 is 34.1 Å². The number of methoxy groups -OCH3 is 1. The van der Waals surface area contributed by atoms with Crippen LogP contribution in [0.15, 0.2) is 109 Å². The van der Waals surface area contributed by atoms with Gasteiger partial charge < -0.3 is 15.8 Å². The van der Waals surface area contributed by atoms with Crippen LogP contribution in [0.25, 0.3) is 21.9 Å². The van der Waals surface area contributed by atoms with Gasteiger partial charge in [-0.2, -0.15) is 0 Å². The van der Waals surface area contributed by atoms with E-state index in [4.69, 9.17) is 20.7 Å². The van der Waals surface area contributed by atoms with E-state index in [2.05, 4.69) is 10.8 Å². The maximum absolute atomic E-state index is 13.7. The van der Waals surface area contributed by atoms with Crippen LogP contribution in [0.1, 0.15) is 31.8 Å². The maximum atomic E-state index is 13.7. The number of hydrogen-bond donors (Lipinski definition) is 4. The number of nitrogen functional groups attached to an aromatic ring is 1. The molecule has 2 amide bonds. The highest BCUT2D eigenvalue weighted by molar-refractivity contribution is 6.13. The second-order valence-corrected chi connectivity index (χ2v) is 9.31. The summed E-state index contributed by atoms with van der Waals surface area (Å²) in [6, 6.07) is 32.7. The average molecular weight is 545 g/mol. The quantitative estimate of drug-likeness (QED) is 0.104. The van der Waals surface area contributed by atoms with Crippen LogP contribution in [0.5, 0.6) is 5.75 Å². The van der Waals surface area contributed by atoms with Gasteiger partial charge in [-0.05, 0) is 82.1 Å². The van der Waals surface area contributed by atoms with Crippen LogP contribution in [0.2, 0.25) is 0 Å². The lowest BCUT2D eigenvalue weighted by atomic mass is 9.91. The second-order valence-electron chi connectivity index (χ2n) is 9.31. The molecule has 0 aromatic heterocycles. The van der Waals surface area contributed by atoms with E-state index in [1.165, 1.54) is 7.11 Å². The smallest absolute Gasteiger partial charge is 0.275 e. The van der Waals surface area contributed by atoms with E-state index in [1.54, 1.807) is 42.5 Å². The number of carbonyl (C=O) groups is 2. The predicted molar refractivity (Wildman–Crippen MR) is 160 cm³/mol. The van der Waals surface area contributed by atoms with Crippen molar-refractivity contribution in [3.63, 3.8) is 0 Å². The molecule has 0 atom stereocenters. The molecule has 0 unspecified atom stereocenters. The molecule has 0 aliphatic heterocycles. The maximum Gasteiger partial charge on any atom is 0.275 e. The normalized spacial score (nSPS) is 10.7. The van der Waals surface area contributed by atoms with Gasteiger partial charge in [0.15, 0.2) is 0 Å². The number of nitrogens with one attached hydrogen (secondary N) is 3. The number of ether oxygens (including phenoxy) is 1. The molecule has 0 spiro atoms. The van der Waals surface area contributed by atoms with Gasteiger partial charge in [0.05, 0.1) is 19.3 Å². The van der Waals surface area contributed by atoms with Crippen LogP contribution in [0, 0.1) is 5.41 Å². The Bertz CT molecular complexity index is 1730. The fourth-order valence-corrected chi connectivity index (χ4v) is 4.47. The number of anilines is 1. The first-order valence-corrected chi connectivity index (χ1v) is 12.9. The van der Waals surface area contributed by atoms with Crippen LogP contribution >= 0.6 is 0 Å². The first-order valence-electron chi connectivity index (χ1n) is 12.9. The Kier molecular flexibility index (Phi) is 8.03. The molecule has 5 N–H and O–H groups in total. The van der Waals surface area contributed by atoms with Gasteiger partial charge in [0.25, 0.3) is 11.8 Å². The number of hydrogen-bond acceptors (Lipinski definition) is 5. The summed E-state index contributed by atoms with van der Waals surface area (Å²) in [6.07, 6.45) is 0. The van der Waals surface area contributed by atoms with E-state index in [0.29, 0.717) is 33.7 Å². The summed E-state index contributed by atoms with van der Waals surface area (Å²) in [5, 5.41) is 12.3. The number of rotatable bonds is 9. The van der Waals surface area contributed by atoms with Crippen molar-refractivity contribution in [1.29, 1.82) is 5.41 Å². The van der Waals surface area contributed by atoms with Crippen LogP contribution in [-0.4, -0.2) is 24.8 Å². The van der Waals surface area contributed by atoms with Crippen molar-refractivity contribution in [3.8, 4) is 16.9 Å². The van der Waals surface area contributed by atoms with Gasteiger partial charge in [-0.15, -0.1) is 0 Å². The molecule has 0 saturated carbocycles. The third-order valence-electron chi connectivity index (χ3n) is 6.59.